The van der Waals surface area contributed by atoms with Gasteiger partial charge < -0.3 is 9.47 Å². The zero-order valence-electron chi connectivity index (χ0n) is 11.9. The summed E-state index contributed by atoms with van der Waals surface area (Å²) in [6.07, 6.45) is 0.764. The van der Waals surface area contributed by atoms with Gasteiger partial charge in [0.15, 0.2) is 0 Å². The molecule has 1 aliphatic rings. The van der Waals surface area contributed by atoms with Gasteiger partial charge in [-0.2, -0.15) is 0 Å². The fourth-order valence-electron chi connectivity index (χ4n) is 2.47. The highest BCUT2D eigenvalue weighted by atomic mass is 32.2. The summed E-state index contributed by atoms with van der Waals surface area (Å²) in [4.78, 5) is 0. The molecule has 0 N–H and O–H groups in total. The van der Waals surface area contributed by atoms with Gasteiger partial charge in [-0.15, -0.1) is 0 Å². The van der Waals surface area contributed by atoms with Gasteiger partial charge in [-0.25, -0.2) is 8.42 Å². The predicted octanol–water partition coefficient (Wildman–Crippen LogP) is 1.43. The van der Waals surface area contributed by atoms with Crippen LogP contribution < -0.4 is 4.31 Å². The van der Waals surface area contributed by atoms with Gasteiger partial charge in [-0.05, 0) is 25.0 Å². The second-order valence-electron chi connectivity index (χ2n) is 4.90. The van der Waals surface area contributed by atoms with Crippen LogP contribution in [-0.2, 0) is 25.9 Å². The van der Waals surface area contributed by atoms with Crippen LogP contribution in [0.2, 0.25) is 0 Å². The average Bonchev–Trinajstić information content (AvgIpc) is 2.75. The minimum Gasteiger partial charge on any atom is -0.382 e. The highest BCUT2D eigenvalue weighted by Gasteiger charge is 2.34. The first-order chi connectivity index (χ1) is 9.56. The predicted molar refractivity (Wildman–Crippen MR) is 78.6 cm³/mol. The van der Waals surface area contributed by atoms with E-state index in [1.54, 1.807) is 7.11 Å². The van der Waals surface area contributed by atoms with Crippen molar-refractivity contribution in [3.63, 3.8) is 0 Å². The lowest BCUT2D eigenvalue weighted by molar-refractivity contribution is 0.0785. The standard InChI is InChI=1S/C14H21NO4S/c1-12-11-13-5-3-4-6-14(13)15(12)20(16,17)10-9-19-8-7-18-2/h3-6,12H,7-11H2,1-2H3. The number of nitrogens with zero attached hydrogens (tertiary/aromatic N) is 1. The highest BCUT2D eigenvalue weighted by Crippen LogP contribution is 2.34. The third-order valence-corrected chi connectivity index (χ3v) is 5.20. The van der Waals surface area contributed by atoms with Crippen LogP contribution >= 0.6 is 0 Å². The molecule has 2 rings (SSSR count). The molecule has 0 spiro atoms. The molecule has 0 bridgehead atoms. The molecule has 1 aromatic carbocycles. The molecule has 1 aliphatic heterocycles. The third kappa shape index (κ3) is 3.31. The Hall–Kier alpha value is -1.11. The Balaban J connectivity index is 2.02. The zero-order chi connectivity index (χ0) is 14.6. The molecule has 1 aromatic rings. The Morgan fingerprint density at radius 3 is 2.75 bits per heavy atom. The quantitative estimate of drug-likeness (QED) is 0.715. The topological polar surface area (TPSA) is 55.8 Å². The minimum absolute atomic E-state index is 0.00457. The van der Waals surface area contributed by atoms with Gasteiger partial charge in [0.05, 0.1) is 31.3 Å². The molecule has 0 radical (unpaired) electrons. The number of rotatable bonds is 7. The molecule has 0 aromatic heterocycles. The maximum atomic E-state index is 12.5. The van der Waals surface area contributed by atoms with E-state index in [2.05, 4.69) is 0 Å². The van der Waals surface area contributed by atoms with Crippen molar-refractivity contribution >= 4 is 15.7 Å². The third-order valence-electron chi connectivity index (χ3n) is 3.36. The van der Waals surface area contributed by atoms with E-state index in [0.717, 1.165) is 17.7 Å². The molecule has 0 aliphatic carbocycles. The van der Waals surface area contributed by atoms with E-state index in [1.165, 1.54) is 4.31 Å². The SMILES string of the molecule is COCCOCCS(=O)(=O)N1c2ccccc2CC1C. The number of hydrogen-bond donors (Lipinski definition) is 0. The Bertz CT molecular complexity index is 544. The normalized spacial score (nSPS) is 18.3. The molecule has 6 heteroatoms. The van der Waals surface area contributed by atoms with Crippen molar-refractivity contribution in [3.05, 3.63) is 29.8 Å². The number of ether oxygens (including phenoxy) is 2. The van der Waals surface area contributed by atoms with Gasteiger partial charge in [0.2, 0.25) is 10.0 Å². The number of fused-ring (bicyclic) bond motifs is 1. The fourth-order valence-corrected chi connectivity index (χ4v) is 4.09. The van der Waals surface area contributed by atoms with E-state index >= 15 is 0 Å². The number of sulfonamides is 1. The maximum absolute atomic E-state index is 12.5. The lowest BCUT2D eigenvalue weighted by atomic mass is 10.1. The van der Waals surface area contributed by atoms with Gasteiger partial charge in [-0.3, -0.25) is 4.31 Å². The van der Waals surface area contributed by atoms with Gasteiger partial charge in [0.1, 0.15) is 0 Å². The van der Waals surface area contributed by atoms with Crippen LogP contribution in [0.15, 0.2) is 24.3 Å². The summed E-state index contributed by atoms with van der Waals surface area (Å²) in [5.74, 6) is -0.00457. The van der Waals surface area contributed by atoms with Crippen LogP contribution in [0.1, 0.15) is 12.5 Å². The lowest BCUT2D eigenvalue weighted by Gasteiger charge is -2.24. The first-order valence-corrected chi connectivity index (χ1v) is 8.34. The van der Waals surface area contributed by atoms with Crippen LogP contribution in [0.4, 0.5) is 5.69 Å². The second-order valence-corrected chi connectivity index (χ2v) is 6.86. The highest BCUT2D eigenvalue weighted by molar-refractivity contribution is 7.92. The summed E-state index contributed by atoms with van der Waals surface area (Å²) in [7, 11) is -1.76. The summed E-state index contributed by atoms with van der Waals surface area (Å²) in [6.45, 7) is 3.02. The summed E-state index contributed by atoms with van der Waals surface area (Å²) < 4.78 is 36.6. The number of anilines is 1. The first kappa shape index (κ1) is 15.3. The first-order valence-electron chi connectivity index (χ1n) is 6.73. The molecule has 112 valence electrons. The van der Waals surface area contributed by atoms with E-state index in [1.807, 2.05) is 31.2 Å². The van der Waals surface area contributed by atoms with Crippen molar-refractivity contribution in [2.24, 2.45) is 0 Å². The Morgan fingerprint density at radius 1 is 1.25 bits per heavy atom. The molecule has 20 heavy (non-hydrogen) atoms. The van der Waals surface area contributed by atoms with Crippen LogP contribution in [0, 0.1) is 0 Å². The van der Waals surface area contributed by atoms with Crippen LogP contribution in [0.5, 0.6) is 0 Å². The maximum Gasteiger partial charge on any atom is 0.237 e. The van der Waals surface area contributed by atoms with Gasteiger partial charge in [-0.1, -0.05) is 18.2 Å². The summed E-state index contributed by atoms with van der Waals surface area (Å²) in [5, 5.41) is 0. The Labute approximate surface area is 120 Å². The molecule has 5 nitrogen and oxygen atoms in total. The molecular formula is C14H21NO4S. The van der Waals surface area contributed by atoms with Crippen molar-refractivity contribution in [3.8, 4) is 0 Å². The van der Waals surface area contributed by atoms with E-state index < -0.39 is 10.0 Å². The second kappa shape index (κ2) is 6.56. The number of hydrogen-bond acceptors (Lipinski definition) is 4. The Kier molecular flexibility index (Phi) is 5.01. The van der Waals surface area contributed by atoms with E-state index in [0.29, 0.717) is 13.2 Å². The number of para-hydroxylation sites is 1. The molecule has 0 saturated carbocycles. The molecule has 0 saturated heterocycles. The summed E-state index contributed by atoms with van der Waals surface area (Å²) in [6, 6.07) is 7.62. The summed E-state index contributed by atoms with van der Waals surface area (Å²) in [5.41, 5.74) is 1.89. The summed E-state index contributed by atoms with van der Waals surface area (Å²) >= 11 is 0. The molecule has 0 amide bonds. The lowest BCUT2D eigenvalue weighted by Crippen LogP contribution is -2.38. The number of benzene rings is 1. The smallest absolute Gasteiger partial charge is 0.237 e. The van der Waals surface area contributed by atoms with Gasteiger partial charge in [0.25, 0.3) is 0 Å². The zero-order valence-corrected chi connectivity index (χ0v) is 12.7. The van der Waals surface area contributed by atoms with E-state index in [-0.39, 0.29) is 18.4 Å². The molecule has 1 atom stereocenters. The molecule has 0 fully saturated rings. The van der Waals surface area contributed by atoms with Crippen molar-refractivity contribution in [2.45, 2.75) is 19.4 Å². The van der Waals surface area contributed by atoms with Crippen LogP contribution in [0.25, 0.3) is 0 Å². The van der Waals surface area contributed by atoms with Crippen molar-refractivity contribution < 1.29 is 17.9 Å². The monoisotopic (exact) mass is 299 g/mol. The Morgan fingerprint density at radius 2 is 2.00 bits per heavy atom. The minimum atomic E-state index is -3.34. The van der Waals surface area contributed by atoms with Crippen molar-refractivity contribution in [1.82, 2.24) is 0 Å². The van der Waals surface area contributed by atoms with Crippen molar-refractivity contribution in [2.75, 3.05) is 37.0 Å². The van der Waals surface area contributed by atoms with Crippen LogP contribution in [0.3, 0.4) is 0 Å². The van der Waals surface area contributed by atoms with Gasteiger partial charge in [0, 0.05) is 13.2 Å². The van der Waals surface area contributed by atoms with Crippen LogP contribution in [-0.4, -0.2) is 47.1 Å². The number of methoxy groups -OCH3 is 1. The molecular weight excluding hydrogens is 278 g/mol. The molecule has 1 heterocycles. The van der Waals surface area contributed by atoms with Crippen molar-refractivity contribution in [1.29, 1.82) is 0 Å². The molecule has 1 unspecified atom stereocenters. The fraction of sp³-hybridized carbons (Fsp3) is 0.571. The van der Waals surface area contributed by atoms with Gasteiger partial charge >= 0.3 is 0 Å². The van der Waals surface area contributed by atoms with E-state index in [9.17, 15) is 8.42 Å². The largest absolute Gasteiger partial charge is 0.382 e. The van der Waals surface area contributed by atoms with E-state index in [4.69, 9.17) is 9.47 Å². The average molecular weight is 299 g/mol.